The fraction of sp³-hybridized carbons (Fsp3) is 0.0952. The lowest BCUT2D eigenvalue weighted by atomic mass is 10.1. The van der Waals surface area contributed by atoms with Crippen molar-refractivity contribution in [2.24, 2.45) is 0 Å². The molecule has 0 fully saturated rings. The van der Waals surface area contributed by atoms with E-state index in [4.69, 9.17) is 4.42 Å². The molecule has 0 spiro atoms. The van der Waals surface area contributed by atoms with Crippen LogP contribution in [0.4, 0.5) is 5.69 Å². The molecule has 0 bridgehead atoms. The number of carbonyl (C=O) groups is 1. The lowest BCUT2D eigenvalue weighted by Gasteiger charge is -2.08. The van der Waals surface area contributed by atoms with Crippen LogP contribution in [0.5, 0.6) is 0 Å². The Labute approximate surface area is 153 Å². The number of anilines is 1. The summed E-state index contributed by atoms with van der Waals surface area (Å²) in [6.07, 6.45) is 0.731. The third-order valence-electron chi connectivity index (χ3n) is 4.43. The zero-order chi connectivity index (χ0) is 19.0. The number of para-hydroxylation sites is 1. The van der Waals surface area contributed by atoms with Crippen molar-refractivity contribution in [3.63, 3.8) is 0 Å². The summed E-state index contributed by atoms with van der Waals surface area (Å²) in [6, 6.07) is 14.8. The molecule has 4 rings (SSSR count). The molecule has 1 amide bonds. The Bertz CT molecular complexity index is 1300. The first-order chi connectivity index (χ1) is 13.0. The van der Waals surface area contributed by atoms with E-state index in [2.05, 4.69) is 10.3 Å². The molecule has 6 heteroatoms. The number of benzene rings is 2. The molecule has 0 aliphatic rings. The molecule has 0 aliphatic carbocycles. The molecule has 0 radical (unpaired) electrons. The van der Waals surface area contributed by atoms with E-state index in [0.717, 1.165) is 17.4 Å². The minimum absolute atomic E-state index is 0.0744. The van der Waals surface area contributed by atoms with Crippen molar-refractivity contribution >= 4 is 33.5 Å². The summed E-state index contributed by atoms with van der Waals surface area (Å²) in [7, 11) is 0. The Kier molecular flexibility index (Phi) is 4.08. The van der Waals surface area contributed by atoms with Crippen molar-refractivity contribution < 1.29 is 9.21 Å². The van der Waals surface area contributed by atoms with Gasteiger partial charge in [-0.25, -0.2) is 0 Å². The quantitative estimate of drug-likeness (QED) is 0.585. The maximum Gasteiger partial charge on any atom is 0.291 e. The summed E-state index contributed by atoms with van der Waals surface area (Å²) in [5, 5.41) is 4.05. The van der Waals surface area contributed by atoms with Gasteiger partial charge in [0.1, 0.15) is 5.58 Å². The molecule has 0 aliphatic heterocycles. The number of amides is 1. The maximum absolute atomic E-state index is 12.5. The molecule has 0 saturated carbocycles. The van der Waals surface area contributed by atoms with Gasteiger partial charge in [0.05, 0.1) is 10.9 Å². The summed E-state index contributed by atoms with van der Waals surface area (Å²) < 4.78 is 5.55. The smallest absolute Gasteiger partial charge is 0.291 e. The van der Waals surface area contributed by atoms with Crippen LogP contribution in [-0.2, 0) is 6.42 Å². The fourth-order valence-electron chi connectivity index (χ4n) is 3.11. The third kappa shape index (κ3) is 3.13. The van der Waals surface area contributed by atoms with Crippen LogP contribution in [-0.4, -0.2) is 10.9 Å². The number of pyridine rings is 1. The van der Waals surface area contributed by atoms with Gasteiger partial charge in [-0.1, -0.05) is 25.1 Å². The lowest BCUT2D eigenvalue weighted by molar-refractivity contribution is 0.0997. The van der Waals surface area contributed by atoms with Gasteiger partial charge < -0.3 is 14.7 Å². The van der Waals surface area contributed by atoms with E-state index >= 15 is 0 Å². The van der Waals surface area contributed by atoms with E-state index in [1.165, 1.54) is 6.07 Å². The molecular weight excluding hydrogens is 344 g/mol. The van der Waals surface area contributed by atoms with E-state index in [9.17, 15) is 14.4 Å². The van der Waals surface area contributed by atoms with Gasteiger partial charge in [-0.2, -0.15) is 0 Å². The van der Waals surface area contributed by atoms with Gasteiger partial charge in [-0.05, 0) is 36.2 Å². The van der Waals surface area contributed by atoms with E-state index in [1.54, 1.807) is 42.5 Å². The number of nitrogens with one attached hydrogen (secondary N) is 2. The Morgan fingerprint density at radius 3 is 2.67 bits per heavy atom. The van der Waals surface area contributed by atoms with Crippen LogP contribution < -0.4 is 16.3 Å². The number of aromatic amines is 1. The molecule has 6 nitrogen and oxygen atoms in total. The highest BCUT2D eigenvalue weighted by molar-refractivity contribution is 6.04. The first kappa shape index (κ1) is 16.8. The second-order valence-corrected chi connectivity index (χ2v) is 6.20. The monoisotopic (exact) mass is 360 g/mol. The van der Waals surface area contributed by atoms with Crippen molar-refractivity contribution in [2.45, 2.75) is 13.3 Å². The molecule has 2 aromatic carbocycles. The summed E-state index contributed by atoms with van der Waals surface area (Å²) in [4.78, 5) is 39.2. The predicted molar refractivity (Wildman–Crippen MR) is 104 cm³/mol. The van der Waals surface area contributed by atoms with Crippen LogP contribution in [0.2, 0.25) is 0 Å². The number of aromatic nitrogens is 1. The predicted octanol–water partition coefficient (Wildman–Crippen LogP) is 3.45. The number of fused-ring (bicyclic) bond motifs is 2. The van der Waals surface area contributed by atoms with Crippen molar-refractivity contribution in [2.75, 3.05) is 5.32 Å². The van der Waals surface area contributed by atoms with Gasteiger partial charge >= 0.3 is 0 Å². The van der Waals surface area contributed by atoms with Crippen molar-refractivity contribution in [1.82, 2.24) is 4.98 Å². The van der Waals surface area contributed by atoms with Crippen molar-refractivity contribution in [1.29, 1.82) is 0 Å². The van der Waals surface area contributed by atoms with Crippen LogP contribution in [0, 0.1) is 0 Å². The molecule has 0 atom stereocenters. The molecule has 0 unspecified atom stereocenters. The molecule has 0 saturated heterocycles. The number of aryl methyl sites for hydroxylation is 1. The largest absolute Gasteiger partial charge is 0.451 e. The van der Waals surface area contributed by atoms with Gasteiger partial charge in [0, 0.05) is 23.2 Å². The van der Waals surface area contributed by atoms with Gasteiger partial charge in [0.2, 0.25) is 5.56 Å². The number of hydrogen-bond acceptors (Lipinski definition) is 4. The Balaban J connectivity index is 1.71. The van der Waals surface area contributed by atoms with Gasteiger partial charge in [0.25, 0.3) is 5.91 Å². The standard InChI is InChI=1S/C21H16N2O4/c1-2-12-9-20(25)23-16-10-13(7-8-14(12)16)22-21(26)19-11-17(24)15-5-3-4-6-18(15)27-19/h3-11H,2H2,1H3,(H,22,26)(H,23,25). The number of rotatable bonds is 3. The zero-order valence-corrected chi connectivity index (χ0v) is 14.5. The molecule has 2 aromatic heterocycles. The minimum atomic E-state index is -0.536. The van der Waals surface area contributed by atoms with E-state index in [-0.39, 0.29) is 16.7 Å². The number of H-pyrrole nitrogens is 1. The van der Waals surface area contributed by atoms with Crippen LogP contribution in [0.15, 0.2) is 68.6 Å². The molecule has 4 aromatic rings. The third-order valence-corrected chi connectivity index (χ3v) is 4.43. The second-order valence-electron chi connectivity index (χ2n) is 6.20. The highest BCUT2D eigenvalue weighted by Gasteiger charge is 2.13. The van der Waals surface area contributed by atoms with Crippen LogP contribution in [0.25, 0.3) is 21.9 Å². The first-order valence-corrected chi connectivity index (χ1v) is 8.55. The summed E-state index contributed by atoms with van der Waals surface area (Å²) >= 11 is 0. The average Bonchev–Trinajstić information content (AvgIpc) is 2.67. The second kappa shape index (κ2) is 6.57. The summed E-state index contributed by atoms with van der Waals surface area (Å²) in [6.45, 7) is 1.98. The summed E-state index contributed by atoms with van der Waals surface area (Å²) in [5.41, 5.74) is 1.95. The fourth-order valence-corrected chi connectivity index (χ4v) is 3.11. The Hall–Kier alpha value is -3.67. The number of hydrogen-bond donors (Lipinski definition) is 2. The van der Waals surface area contributed by atoms with Crippen LogP contribution in [0.3, 0.4) is 0 Å². The average molecular weight is 360 g/mol. The highest BCUT2D eigenvalue weighted by Crippen LogP contribution is 2.21. The Morgan fingerprint density at radius 1 is 1.04 bits per heavy atom. The first-order valence-electron chi connectivity index (χ1n) is 8.55. The minimum Gasteiger partial charge on any atom is -0.451 e. The maximum atomic E-state index is 12.5. The molecule has 2 heterocycles. The molecule has 134 valence electrons. The number of carbonyl (C=O) groups excluding carboxylic acids is 1. The van der Waals surface area contributed by atoms with Crippen LogP contribution in [0.1, 0.15) is 23.0 Å². The van der Waals surface area contributed by atoms with Crippen molar-refractivity contribution in [3.05, 3.63) is 86.5 Å². The molecule has 27 heavy (non-hydrogen) atoms. The Morgan fingerprint density at radius 2 is 1.85 bits per heavy atom. The SMILES string of the molecule is CCc1cc(=O)[nH]c2cc(NC(=O)c3cc(=O)c4ccccc4o3)ccc12. The molecular formula is C21H16N2O4. The summed E-state index contributed by atoms with van der Waals surface area (Å²) in [5.74, 6) is -0.610. The van der Waals surface area contributed by atoms with Crippen molar-refractivity contribution in [3.8, 4) is 0 Å². The highest BCUT2D eigenvalue weighted by atomic mass is 16.3. The van der Waals surface area contributed by atoms with E-state index < -0.39 is 5.91 Å². The van der Waals surface area contributed by atoms with Gasteiger partial charge in [0.15, 0.2) is 11.2 Å². The van der Waals surface area contributed by atoms with Gasteiger partial charge in [-0.3, -0.25) is 14.4 Å². The van der Waals surface area contributed by atoms with E-state index in [0.29, 0.717) is 22.2 Å². The normalized spacial score (nSPS) is 11.0. The lowest BCUT2D eigenvalue weighted by Crippen LogP contribution is -2.15. The van der Waals surface area contributed by atoms with Gasteiger partial charge in [-0.15, -0.1) is 0 Å². The topological polar surface area (TPSA) is 92.2 Å². The molecule has 2 N–H and O–H groups in total. The van der Waals surface area contributed by atoms with E-state index in [1.807, 2.05) is 13.0 Å². The zero-order valence-electron chi connectivity index (χ0n) is 14.5. The van der Waals surface area contributed by atoms with Crippen LogP contribution >= 0.6 is 0 Å².